The molecule has 1 atom stereocenters. The molecule has 2 heterocycles. The van der Waals surface area contributed by atoms with Gasteiger partial charge in [-0.25, -0.2) is 0 Å². The highest BCUT2D eigenvalue weighted by Gasteiger charge is 2.23. The Morgan fingerprint density at radius 2 is 1.96 bits per heavy atom. The van der Waals surface area contributed by atoms with Crippen molar-refractivity contribution in [1.82, 2.24) is 10.2 Å². The number of aliphatic carboxylic acids is 1. The van der Waals surface area contributed by atoms with E-state index in [4.69, 9.17) is 9.15 Å². The number of hydrogen-bond donors (Lipinski definition) is 1. The largest absolute Gasteiger partial charge is 0.550 e. The van der Waals surface area contributed by atoms with Gasteiger partial charge in [0.15, 0.2) is 5.76 Å². The molecule has 140 valence electrons. The third-order valence-corrected chi connectivity index (χ3v) is 3.88. The van der Waals surface area contributed by atoms with Crippen LogP contribution < -0.4 is 10.4 Å². The predicted molar refractivity (Wildman–Crippen MR) is 88.6 cm³/mol. The fourth-order valence-electron chi connectivity index (χ4n) is 2.84. The molecule has 1 aromatic rings. The van der Waals surface area contributed by atoms with Gasteiger partial charge in [0.2, 0.25) is 0 Å². The van der Waals surface area contributed by atoms with E-state index in [0.717, 1.165) is 13.1 Å². The summed E-state index contributed by atoms with van der Waals surface area (Å²) < 4.78 is 11.5. The molecule has 0 unspecified atom stereocenters. The summed E-state index contributed by atoms with van der Waals surface area (Å²) in [6.07, 6.45) is -0.234. The quantitative estimate of drug-likeness (QED) is 0.606. The van der Waals surface area contributed by atoms with Crippen LogP contribution in [0.25, 0.3) is 0 Å². The number of carboxylic acid groups (broad SMARTS) is 1. The van der Waals surface area contributed by atoms with Crippen LogP contribution in [0.2, 0.25) is 0 Å². The van der Waals surface area contributed by atoms with Crippen LogP contribution in [0.1, 0.15) is 22.7 Å². The molecular formula is C17H27N3O5. The van der Waals surface area contributed by atoms with Crippen LogP contribution in [0.15, 0.2) is 16.5 Å². The van der Waals surface area contributed by atoms with Crippen LogP contribution >= 0.6 is 0 Å². The molecule has 0 aliphatic carbocycles. The Bertz CT molecular complexity index is 587. The summed E-state index contributed by atoms with van der Waals surface area (Å²) in [6, 6.07) is 2.87. The number of furan rings is 1. The number of ether oxygens (including phenoxy) is 1. The highest BCUT2D eigenvalue weighted by molar-refractivity contribution is 5.91. The molecule has 0 spiro atoms. The van der Waals surface area contributed by atoms with Crippen molar-refractivity contribution in [2.45, 2.75) is 19.0 Å². The number of carbonyl (C=O) groups excluding carboxylic acids is 2. The van der Waals surface area contributed by atoms with Crippen molar-refractivity contribution in [3.8, 4) is 0 Å². The van der Waals surface area contributed by atoms with Gasteiger partial charge in [-0.3, -0.25) is 9.69 Å². The second-order valence-electron chi connectivity index (χ2n) is 7.37. The van der Waals surface area contributed by atoms with Gasteiger partial charge >= 0.3 is 0 Å². The molecule has 25 heavy (non-hydrogen) atoms. The molecule has 1 aliphatic rings. The van der Waals surface area contributed by atoms with Crippen molar-refractivity contribution in [2.75, 3.05) is 54.0 Å². The zero-order valence-electron chi connectivity index (χ0n) is 15.1. The maximum Gasteiger partial charge on any atom is 0.287 e. The average molecular weight is 353 g/mol. The van der Waals surface area contributed by atoms with E-state index in [9.17, 15) is 14.7 Å². The SMILES string of the molecule is C[N+](C)(C)C[C@@H](CC(=O)[O-])NC(=O)c1ccc(CN2CCOCC2)o1. The lowest BCUT2D eigenvalue weighted by Gasteiger charge is -2.29. The number of nitrogens with zero attached hydrogens (tertiary/aromatic N) is 2. The van der Waals surface area contributed by atoms with Gasteiger partial charge in [-0.15, -0.1) is 0 Å². The highest BCUT2D eigenvalue weighted by atomic mass is 16.5. The lowest BCUT2D eigenvalue weighted by atomic mass is 10.2. The van der Waals surface area contributed by atoms with Crippen molar-refractivity contribution in [2.24, 2.45) is 0 Å². The second-order valence-corrected chi connectivity index (χ2v) is 7.37. The molecule has 1 aromatic heterocycles. The summed E-state index contributed by atoms with van der Waals surface area (Å²) in [4.78, 5) is 25.5. The Morgan fingerprint density at radius 3 is 2.56 bits per heavy atom. The van der Waals surface area contributed by atoms with Gasteiger partial charge in [0.05, 0.1) is 53.5 Å². The molecule has 2 rings (SSSR count). The van der Waals surface area contributed by atoms with Gasteiger partial charge < -0.3 is 28.9 Å². The van der Waals surface area contributed by atoms with Crippen molar-refractivity contribution in [1.29, 1.82) is 0 Å². The first kappa shape index (κ1) is 19.4. The monoisotopic (exact) mass is 353 g/mol. The molecule has 1 aliphatic heterocycles. The Kier molecular flexibility index (Phi) is 6.57. The topological polar surface area (TPSA) is 94.8 Å². The number of carboxylic acids is 1. The van der Waals surface area contributed by atoms with Gasteiger partial charge in [-0.1, -0.05) is 0 Å². The van der Waals surface area contributed by atoms with Gasteiger partial charge in [0.1, 0.15) is 5.76 Å². The number of carbonyl (C=O) groups is 2. The minimum absolute atomic E-state index is 0.188. The molecule has 8 nitrogen and oxygen atoms in total. The van der Waals surface area contributed by atoms with Crippen molar-refractivity contribution in [3.63, 3.8) is 0 Å². The average Bonchev–Trinajstić information content (AvgIpc) is 2.94. The molecule has 0 saturated carbocycles. The van der Waals surface area contributed by atoms with E-state index in [1.807, 2.05) is 21.1 Å². The minimum Gasteiger partial charge on any atom is -0.550 e. The number of amides is 1. The summed E-state index contributed by atoms with van der Waals surface area (Å²) in [5.74, 6) is -0.706. The number of morpholine rings is 1. The third-order valence-electron chi connectivity index (χ3n) is 3.88. The van der Waals surface area contributed by atoms with E-state index in [1.54, 1.807) is 12.1 Å². The first-order valence-corrected chi connectivity index (χ1v) is 8.43. The summed E-state index contributed by atoms with van der Waals surface area (Å²) >= 11 is 0. The van der Waals surface area contributed by atoms with Crippen LogP contribution in [-0.4, -0.2) is 81.3 Å². The van der Waals surface area contributed by atoms with E-state index < -0.39 is 17.9 Å². The third kappa shape index (κ3) is 6.85. The maximum atomic E-state index is 12.4. The van der Waals surface area contributed by atoms with E-state index in [-0.39, 0.29) is 12.2 Å². The number of nitrogens with one attached hydrogen (secondary N) is 1. The molecule has 1 saturated heterocycles. The Hall–Kier alpha value is -1.90. The summed E-state index contributed by atoms with van der Waals surface area (Å²) in [7, 11) is 5.80. The standard InChI is InChI=1S/C17H27N3O5/c1-20(2,3)12-13(10-16(21)22)18-17(23)15-5-4-14(25-15)11-19-6-8-24-9-7-19/h4-5,13H,6-12H2,1-3H3,(H-,18,21,22,23)/t13-/m1/s1. The van der Waals surface area contributed by atoms with Gasteiger partial charge in [-0.05, 0) is 12.1 Å². The molecule has 0 bridgehead atoms. The fraction of sp³-hybridized carbons (Fsp3) is 0.647. The predicted octanol–water partition coefficient (Wildman–Crippen LogP) is -0.944. The molecule has 0 radical (unpaired) electrons. The summed E-state index contributed by atoms with van der Waals surface area (Å²) in [6.45, 7) is 4.16. The van der Waals surface area contributed by atoms with Gasteiger partial charge in [0.25, 0.3) is 5.91 Å². The molecule has 1 fully saturated rings. The van der Waals surface area contributed by atoms with E-state index in [2.05, 4.69) is 10.2 Å². The van der Waals surface area contributed by atoms with Crippen LogP contribution in [0, 0.1) is 0 Å². The number of hydrogen-bond acceptors (Lipinski definition) is 6. The Morgan fingerprint density at radius 1 is 1.28 bits per heavy atom. The smallest absolute Gasteiger partial charge is 0.287 e. The van der Waals surface area contributed by atoms with E-state index >= 15 is 0 Å². The number of rotatable bonds is 8. The van der Waals surface area contributed by atoms with Crippen LogP contribution in [0.5, 0.6) is 0 Å². The first-order valence-electron chi connectivity index (χ1n) is 8.43. The van der Waals surface area contributed by atoms with Crippen LogP contribution in [-0.2, 0) is 16.1 Å². The first-order chi connectivity index (χ1) is 11.7. The van der Waals surface area contributed by atoms with E-state index in [1.165, 1.54) is 0 Å². The normalized spacial score (nSPS) is 17.2. The Labute approximate surface area is 147 Å². The Balaban J connectivity index is 1.94. The fourth-order valence-corrected chi connectivity index (χ4v) is 2.84. The zero-order chi connectivity index (χ0) is 18.4. The lowest BCUT2D eigenvalue weighted by Crippen LogP contribution is -2.50. The highest BCUT2D eigenvalue weighted by Crippen LogP contribution is 2.12. The van der Waals surface area contributed by atoms with Gasteiger partial charge in [-0.2, -0.15) is 0 Å². The molecular weight excluding hydrogens is 326 g/mol. The number of quaternary nitrogens is 1. The zero-order valence-corrected chi connectivity index (χ0v) is 15.1. The number of likely N-dealkylation sites (N-methyl/N-ethyl adjacent to an activating group) is 1. The lowest BCUT2D eigenvalue weighted by molar-refractivity contribution is -0.871. The summed E-state index contributed by atoms with van der Waals surface area (Å²) in [5.41, 5.74) is 0. The van der Waals surface area contributed by atoms with Crippen molar-refractivity contribution in [3.05, 3.63) is 23.7 Å². The van der Waals surface area contributed by atoms with E-state index in [0.29, 0.717) is 36.5 Å². The second kappa shape index (κ2) is 8.46. The maximum absolute atomic E-state index is 12.4. The summed E-state index contributed by atoms with van der Waals surface area (Å²) in [5, 5.41) is 13.7. The molecule has 1 amide bonds. The van der Waals surface area contributed by atoms with Crippen molar-refractivity contribution < 1.29 is 28.3 Å². The van der Waals surface area contributed by atoms with Crippen molar-refractivity contribution >= 4 is 11.9 Å². The molecule has 8 heteroatoms. The molecule has 1 N–H and O–H groups in total. The van der Waals surface area contributed by atoms with Gasteiger partial charge in [0, 0.05) is 25.5 Å². The van der Waals surface area contributed by atoms with Crippen LogP contribution in [0.4, 0.5) is 0 Å². The minimum atomic E-state index is -1.19. The van der Waals surface area contributed by atoms with Crippen LogP contribution in [0.3, 0.4) is 0 Å². The molecule has 0 aromatic carbocycles.